The van der Waals surface area contributed by atoms with Crippen molar-refractivity contribution in [3.63, 3.8) is 0 Å². The van der Waals surface area contributed by atoms with E-state index in [-0.39, 0.29) is 11.4 Å². The van der Waals surface area contributed by atoms with Gasteiger partial charge in [-0.05, 0) is 38.3 Å². The van der Waals surface area contributed by atoms with E-state index in [4.69, 9.17) is 0 Å². The van der Waals surface area contributed by atoms with Gasteiger partial charge >= 0.3 is 0 Å². The maximum Gasteiger partial charge on any atom is 0.165 e. The molecule has 0 aliphatic rings. The topological polar surface area (TPSA) is 70.9 Å². The molecule has 0 spiro atoms. The predicted molar refractivity (Wildman–Crippen MR) is 127 cm³/mol. The molecule has 1 aromatic carbocycles. The maximum atomic E-state index is 14.4. The van der Waals surface area contributed by atoms with Gasteiger partial charge in [-0.3, -0.25) is 4.98 Å². The third kappa shape index (κ3) is 5.28. The van der Waals surface area contributed by atoms with Crippen molar-refractivity contribution in [3.05, 3.63) is 71.1 Å². The van der Waals surface area contributed by atoms with Crippen LogP contribution in [0, 0.1) is 17.7 Å². The average Bonchev–Trinajstić information content (AvgIpc) is 3.19. The lowest BCUT2D eigenvalue weighted by atomic mass is 10.1. The Kier molecular flexibility index (Phi) is 6.45. The Hall–Kier alpha value is -3.34. The van der Waals surface area contributed by atoms with Gasteiger partial charge in [0.2, 0.25) is 0 Å². The highest BCUT2D eigenvalue weighted by Crippen LogP contribution is 2.32. The molecule has 0 saturated heterocycles. The van der Waals surface area contributed by atoms with Crippen LogP contribution in [0.5, 0.6) is 0 Å². The zero-order chi connectivity index (χ0) is 22.6. The van der Waals surface area contributed by atoms with Gasteiger partial charge in [0.05, 0.1) is 22.0 Å². The number of nitrogens with zero attached hydrogens (tertiary/aromatic N) is 3. The summed E-state index contributed by atoms with van der Waals surface area (Å²) in [5.74, 6) is 6.26. The van der Waals surface area contributed by atoms with Crippen molar-refractivity contribution in [2.45, 2.75) is 32.3 Å². The molecule has 0 amide bonds. The second-order valence-corrected chi connectivity index (χ2v) is 8.78. The quantitative estimate of drug-likeness (QED) is 0.320. The lowest BCUT2D eigenvalue weighted by Gasteiger charge is -2.10. The summed E-state index contributed by atoms with van der Waals surface area (Å²) in [6.07, 6.45) is 4.53. The number of hydrogen-bond donors (Lipinski definition) is 2. The van der Waals surface area contributed by atoms with Gasteiger partial charge < -0.3 is 10.4 Å². The number of pyridine rings is 1. The van der Waals surface area contributed by atoms with Gasteiger partial charge in [0.15, 0.2) is 11.6 Å². The number of benzene rings is 1. The first-order valence-corrected chi connectivity index (χ1v) is 11.2. The van der Waals surface area contributed by atoms with E-state index >= 15 is 0 Å². The van der Waals surface area contributed by atoms with Crippen LogP contribution < -0.4 is 5.32 Å². The fraction of sp³-hybridized carbons (Fsp3) is 0.240. The fourth-order valence-electron chi connectivity index (χ4n) is 3.17. The number of thiophene rings is 1. The molecular weight excluding hydrogens is 423 g/mol. The summed E-state index contributed by atoms with van der Waals surface area (Å²) in [6, 6.07) is 11.9. The number of halogens is 1. The minimum Gasteiger partial charge on any atom is -0.378 e. The van der Waals surface area contributed by atoms with Crippen molar-refractivity contribution in [1.82, 2.24) is 15.0 Å². The lowest BCUT2D eigenvalue weighted by molar-refractivity contribution is 0.143. The number of aliphatic hydroxyl groups is 1. The Bertz CT molecular complexity index is 1290. The number of aryl methyl sites for hydroxylation is 1. The van der Waals surface area contributed by atoms with Crippen LogP contribution in [-0.2, 0) is 6.42 Å². The number of aromatic nitrogens is 3. The molecule has 0 radical (unpaired) electrons. The highest BCUT2D eigenvalue weighted by atomic mass is 32.1. The Balaban J connectivity index is 1.67. The van der Waals surface area contributed by atoms with Crippen LogP contribution >= 0.6 is 11.3 Å². The van der Waals surface area contributed by atoms with E-state index in [1.165, 1.54) is 23.1 Å². The van der Waals surface area contributed by atoms with Gasteiger partial charge in [0, 0.05) is 18.1 Å². The van der Waals surface area contributed by atoms with Gasteiger partial charge in [-0.25, -0.2) is 14.4 Å². The molecule has 5 nitrogen and oxygen atoms in total. The van der Waals surface area contributed by atoms with Crippen molar-refractivity contribution >= 4 is 27.4 Å². The minimum atomic E-state index is -1.13. The normalized spacial score (nSPS) is 11.2. The third-order valence-corrected chi connectivity index (χ3v) is 5.69. The molecule has 0 unspecified atom stereocenters. The van der Waals surface area contributed by atoms with Gasteiger partial charge in [-0.1, -0.05) is 42.2 Å². The number of hydrogen-bond acceptors (Lipinski definition) is 6. The lowest BCUT2D eigenvalue weighted by Crippen LogP contribution is -2.14. The fourth-order valence-corrected chi connectivity index (χ4v) is 4.07. The van der Waals surface area contributed by atoms with Gasteiger partial charge in [0.1, 0.15) is 16.9 Å². The summed E-state index contributed by atoms with van der Waals surface area (Å²) in [6.45, 7) is 3.96. The number of rotatable bonds is 6. The number of fused-ring (bicyclic) bond motifs is 1. The first-order valence-electron chi connectivity index (χ1n) is 10.3. The standard InChI is InChI=1S/C25H23FN4OS/c1-25(2,31)12-10-18-16-32-22-21(18)29-23(19-11-14-27-15-20(19)26)30-24(22)28-13-6-9-17-7-4-3-5-8-17/h3-5,7-8,11,14-16,31H,6,9,13H2,1-2H3,(H,28,29,30). The van der Waals surface area contributed by atoms with E-state index in [0.29, 0.717) is 23.4 Å². The molecule has 4 rings (SSSR count). The molecule has 0 bridgehead atoms. The SMILES string of the molecule is CC(C)(O)C#Cc1csc2c(NCCCc3ccccc3)nc(-c3ccncc3F)nc12. The Morgan fingerprint density at radius 1 is 1.16 bits per heavy atom. The molecule has 4 aromatic rings. The van der Waals surface area contributed by atoms with E-state index < -0.39 is 11.4 Å². The Morgan fingerprint density at radius 2 is 1.97 bits per heavy atom. The minimum absolute atomic E-state index is 0.271. The van der Waals surface area contributed by atoms with Crippen LogP contribution in [-0.4, -0.2) is 32.2 Å². The van der Waals surface area contributed by atoms with E-state index in [9.17, 15) is 9.50 Å². The third-order valence-electron chi connectivity index (χ3n) is 4.71. The highest BCUT2D eigenvalue weighted by molar-refractivity contribution is 7.18. The first kappa shape index (κ1) is 21.9. The van der Waals surface area contributed by atoms with E-state index in [1.807, 2.05) is 23.6 Å². The van der Waals surface area contributed by atoms with Crippen LogP contribution in [0.3, 0.4) is 0 Å². The molecular formula is C25H23FN4OS. The Morgan fingerprint density at radius 3 is 2.72 bits per heavy atom. The smallest absolute Gasteiger partial charge is 0.165 e. The van der Waals surface area contributed by atoms with E-state index in [1.54, 1.807) is 19.9 Å². The zero-order valence-electron chi connectivity index (χ0n) is 17.9. The summed E-state index contributed by atoms with van der Waals surface area (Å²) in [7, 11) is 0. The van der Waals surface area contributed by atoms with E-state index in [0.717, 1.165) is 23.7 Å². The maximum absolute atomic E-state index is 14.4. The molecule has 32 heavy (non-hydrogen) atoms. The van der Waals surface area contributed by atoms with Crippen molar-refractivity contribution < 1.29 is 9.50 Å². The van der Waals surface area contributed by atoms with Crippen LogP contribution in [0.25, 0.3) is 21.6 Å². The van der Waals surface area contributed by atoms with Crippen molar-refractivity contribution in [2.24, 2.45) is 0 Å². The molecule has 0 saturated carbocycles. The monoisotopic (exact) mass is 446 g/mol. The summed E-state index contributed by atoms with van der Waals surface area (Å²) < 4.78 is 15.3. The van der Waals surface area contributed by atoms with Gasteiger partial charge in [-0.2, -0.15) is 0 Å². The summed E-state index contributed by atoms with van der Waals surface area (Å²) in [4.78, 5) is 13.0. The summed E-state index contributed by atoms with van der Waals surface area (Å²) >= 11 is 1.48. The second-order valence-electron chi connectivity index (χ2n) is 7.90. The van der Waals surface area contributed by atoms with Crippen molar-refractivity contribution in [1.29, 1.82) is 0 Å². The molecule has 7 heteroatoms. The molecule has 0 fully saturated rings. The van der Waals surface area contributed by atoms with Crippen molar-refractivity contribution in [2.75, 3.05) is 11.9 Å². The second kappa shape index (κ2) is 9.43. The molecule has 3 heterocycles. The van der Waals surface area contributed by atoms with Crippen LogP contribution in [0.15, 0.2) is 54.2 Å². The summed E-state index contributed by atoms with van der Waals surface area (Å²) in [5.41, 5.74) is 1.75. The zero-order valence-corrected chi connectivity index (χ0v) is 18.7. The predicted octanol–water partition coefficient (Wildman–Crippen LogP) is 5.06. The van der Waals surface area contributed by atoms with Crippen LogP contribution in [0.1, 0.15) is 31.4 Å². The number of nitrogens with one attached hydrogen (secondary N) is 1. The average molecular weight is 447 g/mol. The van der Waals surface area contributed by atoms with E-state index in [2.05, 4.69) is 44.2 Å². The first-order chi connectivity index (χ1) is 15.4. The largest absolute Gasteiger partial charge is 0.378 e. The van der Waals surface area contributed by atoms with Gasteiger partial charge in [0.25, 0.3) is 0 Å². The molecule has 0 atom stereocenters. The molecule has 3 aromatic heterocycles. The number of anilines is 1. The van der Waals surface area contributed by atoms with Crippen LogP contribution in [0.2, 0.25) is 0 Å². The molecule has 162 valence electrons. The van der Waals surface area contributed by atoms with Gasteiger partial charge in [-0.15, -0.1) is 11.3 Å². The molecule has 0 aliphatic heterocycles. The Labute approximate surface area is 190 Å². The molecule has 0 aliphatic carbocycles. The summed E-state index contributed by atoms with van der Waals surface area (Å²) in [5, 5.41) is 15.3. The van der Waals surface area contributed by atoms with Crippen LogP contribution in [0.4, 0.5) is 10.2 Å². The molecule has 2 N–H and O–H groups in total. The van der Waals surface area contributed by atoms with Crippen molar-refractivity contribution in [3.8, 4) is 23.2 Å². The highest BCUT2D eigenvalue weighted by Gasteiger charge is 2.16.